The number of nitrogens with one attached hydrogen (secondary N) is 2. The molecule has 8 nitrogen and oxygen atoms in total. The first-order valence-corrected chi connectivity index (χ1v) is 11.0. The summed E-state index contributed by atoms with van der Waals surface area (Å²) in [5, 5.41) is 3.24. The molecule has 0 heterocycles. The highest BCUT2D eigenvalue weighted by atomic mass is 32.2. The Morgan fingerprint density at radius 2 is 2.00 bits per heavy atom. The van der Waals surface area contributed by atoms with Crippen LogP contribution in [0.5, 0.6) is 5.75 Å². The molecule has 0 fully saturated rings. The first-order valence-electron chi connectivity index (χ1n) is 9.16. The molecule has 10 heteroatoms. The average Bonchev–Trinajstić information content (AvgIpc) is 2.64. The molecule has 0 unspecified atom stereocenters. The van der Waals surface area contributed by atoms with Crippen molar-refractivity contribution in [2.45, 2.75) is 45.4 Å². The van der Waals surface area contributed by atoms with Crippen LogP contribution in [-0.4, -0.2) is 49.6 Å². The molecule has 0 atom stereocenters. The third kappa shape index (κ3) is 8.41. The van der Waals surface area contributed by atoms with Gasteiger partial charge in [-0.3, -0.25) is 19.0 Å². The number of carbonyl (C=O) groups excluding carboxylic acids is 1. The van der Waals surface area contributed by atoms with E-state index in [0.29, 0.717) is 18.1 Å². The molecule has 28 heavy (non-hydrogen) atoms. The fourth-order valence-electron chi connectivity index (χ4n) is 2.69. The average molecular weight is 432 g/mol. The van der Waals surface area contributed by atoms with Gasteiger partial charge in [0.05, 0.1) is 12.8 Å². The second kappa shape index (κ2) is 11.8. The van der Waals surface area contributed by atoms with E-state index >= 15 is 0 Å². The molecule has 0 aliphatic carbocycles. The third-order valence-corrected chi connectivity index (χ3v) is 5.03. The number of amides is 1. The van der Waals surface area contributed by atoms with Crippen molar-refractivity contribution >= 4 is 39.2 Å². The second-order valence-corrected chi connectivity index (χ2v) is 7.81. The number of ether oxygens (including phenoxy) is 1. The van der Waals surface area contributed by atoms with E-state index in [2.05, 4.69) is 12.2 Å². The zero-order valence-electron chi connectivity index (χ0n) is 16.5. The second-order valence-electron chi connectivity index (χ2n) is 6.27. The molecular formula is C18H29N3O5S2. The van der Waals surface area contributed by atoms with Crippen molar-refractivity contribution in [1.82, 2.24) is 10.2 Å². The van der Waals surface area contributed by atoms with E-state index in [0.717, 1.165) is 31.2 Å². The number of thiocarbonyl (C=S) groups is 1. The number of unbranched alkanes of at least 4 members (excludes halogenated alkanes) is 3. The highest BCUT2D eigenvalue weighted by molar-refractivity contribution is 7.87. The summed E-state index contributed by atoms with van der Waals surface area (Å²) in [4.78, 5) is 14.2. The number of nitrogens with zero attached hydrogens (tertiary/aromatic N) is 1. The first-order chi connectivity index (χ1) is 13.2. The van der Waals surface area contributed by atoms with E-state index in [1.165, 1.54) is 13.2 Å². The summed E-state index contributed by atoms with van der Waals surface area (Å²) in [6, 6.07) is 4.85. The lowest BCUT2D eigenvalue weighted by Gasteiger charge is -2.23. The van der Waals surface area contributed by atoms with E-state index in [-0.39, 0.29) is 23.8 Å². The molecule has 1 amide bonds. The molecule has 0 saturated heterocycles. The zero-order chi connectivity index (χ0) is 21.2. The van der Waals surface area contributed by atoms with Crippen molar-refractivity contribution in [1.29, 1.82) is 0 Å². The minimum Gasteiger partial charge on any atom is -0.495 e. The monoisotopic (exact) mass is 431 g/mol. The summed E-state index contributed by atoms with van der Waals surface area (Å²) in [7, 11) is -1.35. The van der Waals surface area contributed by atoms with Crippen molar-refractivity contribution in [2.24, 2.45) is 0 Å². The molecule has 0 saturated carbocycles. The highest BCUT2D eigenvalue weighted by Gasteiger charge is 2.17. The van der Waals surface area contributed by atoms with Crippen LogP contribution in [0, 0.1) is 0 Å². The molecule has 3 N–H and O–H groups in total. The molecule has 0 spiro atoms. The van der Waals surface area contributed by atoms with Crippen molar-refractivity contribution in [3.05, 3.63) is 23.8 Å². The van der Waals surface area contributed by atoms with Crippen LogP contribution >= 0.6 is 12.2 Å². The van der Waals surface area contributed by atoms with Gasteiger partial charge in [-0.2, -0.15) is 8.42 Å². The number of anilines is 1. The number of hydrogen-bond donors (Lipinski definition) is 3. The van der Waals surface area contributed by atoms with Crippen LogP contribution in [0.4, 0.5) is 5.69 Å². The molecule has 1 rings (SSSR count). The van der Waals surface area contributed by atoms with Crippen LogP contribution in [0.25, 0.3) is 0 Å². The van der Waals surface area contributed by atoms with Crippen LogP contribution in [0.15, 0.2) is 18.2 Å². The first kappa shape index (κ1) is 24.1. The molecule has 1 aromatic rings. The topological polar surface area (TPSA) is 108 Å². The van der Waals surface area contributed by atoms with Gasteiger partial charge < -0.3 is 10.1 Å². The molecular weight excluding hydrogens is 402 g/mol. The quantitative estimate of drug-likeness (QED) is 0.281. The Morgan fingerprint density at radius 3 is 2.57 bits per heavy atom. The van der Waals surface area contributed by atoms with Crippen LogP contribution in [0.2, 0.25) is 0 Å². The van der Waals surface area contributed by atoms with E-state index in [1.807, 2.05) is 4.72 Å². The predicted octanol–water partition coefficient (Wildman–Crippen LogP) is 2.76. The van der Waals surface area contributed by atoms with Crippen LogP contribution < -0.4 is 14.8 Å². The van der Waals surface area contributed by atoms with Gasteiger partial charge in [-0.05, 0) is 42.8 Å². The minimum atomic E-state index is -4.43. The summed E-state index contributed by atoms with van der Waals surface area (Å²) < 4.78 is 38.3. The van der Waals surface area contributed by atoms with Crippen molar-refractivity contribution in [2.75, 3.05) is 25.4 Å². The highest BCUT2D eigenvalue weighted by Crippen LogP contribution is 2.27. The van der Waals surface area contributed by atoms with Crippen molar-refractivity contribution < 1.29 is 22.5 Å². The summed E-state index contributed by atoms with van der Waals surface area (Å²) in [5.41, 5.74) is 0.832. The lowest BCUT2D eigenvalue weighted by Crippen LogP contribution is -2.42. The number of carbonyl (C=O) groups is 1. The number of rotatable bonds is 11. The zero-order valence-corrected chi connectivity index (χ0v) is 18.2. The molecule has 0 aliphatic heterocycles. The van der Waals surface area contributed by atoms with E-state index in [1.54, 1.807) is 24.1 Å². The molecule has 0 aliphatic rings. The lowest BCUT2D eigenvalue weighted by atomic mass is 10.1. The van der Waals surface area contributed by atoms with Gasteiger partial charge in [0.2, 0.25) is 5.91 Å². The number of hydrogen-bond acceptors (Lipinski definition) is 5. The van der Waals surface area contributed by atoms with Crippen LogP contribution in [0.3, 0.4) is 0 Å². The van der Waals surface area contributed by atoms with Gasteiger partial charge in [0.15, 0.2) is 5.11 Å². The molecule has 0 aromatic heterocycles. The van der Waals surface area contributed by atoms with E-state index in [4.69, 9.17) is 21.5 Å². The largest absolute Gasteiger partial charge is 0.495 e. The normalized spacial score (nSPS) is 11.0. The summed E-state index contributed by atoms with van der Waals surface area (Å²) in [6.07, 6.45) is 4.75. The maximum Gasteiger partial charge on any atom is 0.357 e. The predicted molar refractivity (Wildman–Crippen MR) is 114 cm³/mol. The Hall–Kier alpha value is -1.91. The van der Waals surface area contributed by atoms with E-state index < -0.39 is 10.3 Å². The standard InChI is InChI=1S/C18H29N3O5S2/c1-4-5-6-7-12-21(18(27)19-2)17(22)11-9-14-8-10-16(26-3)15(13-14)20-28(23,24)25/h8,10,13,20H,4-7,9,11-12H2,1-3H3,(H,19,27)(H,23,24,25). The van der Waals surface area contributed by atoms with Gasteiger partial charge in [0, 0.05) is 20.0 Å². The van der Waals surface area contributed by atoms with Crippen LogP contribution in [0.1, 0.15) is 44.6 Å². The number of methoxy groups -OCH3 is 1. The van der Waals surface area contributed by atoms with Gasteiger partial charge in [-0.25, -0.2) is 0 Å². The summed E-state index contributed by atoms with van der Waals surface area (Å²) >= 11 is 5.25. The third-order valence-electron chi connectivity index (χ3n) is 4.13. The Labute approximate surface area is 172 Å². The van der Waals surface area contributed by atoms with Gasteiger partial charge in [-0.1, -0.05) is 32.3 Å². The Kier molecular flexibility index (Phi) is 10.2. The van der Waals surface area contributed by atoms with Crippen LogP contribution in [-0.2, 0) is 21.5 Å². The fourth-order valence-corrected chi connectivity index (χ4v) is 3.32. The number of benzene rings is 1. The van der Waals surface area contributed by atoms with Gasteiger partial charge in [0.25, 0.3) is 0 Å². The van der Waals surface area contributed by atoms with Gasteiger partial charge in [0.1, 0.15) is 5.75 Å². The smallest absolute Gasteiger partial charge is 0.357 e. The maximum atomic E-state index is 12.6. The van der Waals surface area contributed by atoms with Crippen molar-refractivity contribution in [3.63, 3.8) is 0 Å². The molecule has 0 radical (unpaired) electrons. The Morgan fingerprint density at radius 1 is 1.29 bits per heavy atom. The molecule has 1 aromatic carbocycles. The van der Waals surface area contributed by atoms with Gasteiger partial charge in [-0.15, -0.1) is 0 Å². The molecule has 158 valence electrons. The molecule has 0 bridgehead atoms. The Bertz CT molecular complexity index is 768. The SMILES string of the molecule is CCCCCCN(C(=O)CCc1ccc(OC)c(NS(=O)(=O)O)c1)C(=S)NC. The van der Waals surface area contributed by atoms with Crippen molar-refractivity contribution in [3.8, 4) is 5.75 Å². The summed E-state index contributed by atoms with van der Waals surface area (Å²) in [6.45, 7) is 2.69. The fraction of sp³-hybridized carbons (Fsp3) is 0.556. The van der Waals surface area contributed by atoms with E-state index in [9.17, 15) is 13.2 Å². The minimum absolute atomic E-state index is 0.101. The maximum absolute atomic E-state index is 12.6. The Balaban J connectivity index is 2.80. The van der Waals surface area contributed by atoms with Gasteiger partial charge >= 0.3 is 10.3 Å². The lowest BCUT2D eigenvalue weighted by molar-refractivity contribution is -0.127. The summed E-state index contributed by atoms with van der Waals surface area (Å²) in [5.74, 6) is 0.164. The number of aryl methyl sites for hydroxylation is 1.